The van der Waals surface area contributed by atoms with E-state index in [0.29, 0.717) is 30.3 Å². The number of hydrogen-bond acceptors (Lipinski definition) is 4. The molecule has 0 unspecified atom stereocenters. The lowest BCUT2D eigenvalue weighted by Crippen LogP contribution is -2.15. The Labute approximate surface area is 91.5 Å². The number of rotatable bonds is 2. The molecule has 0 radical (unpaired) electrons. The van der Waals surface area contributed by atoms with Gasteiger partial charge in [-0.05, 0) is 23.8 Å². The minimum absolute atomic E-state index is 0.463. The van der Waals surface area contributed by atoms with Crippen LogP contribution < -0.4 is 9.47 Å². The Morgan fingerprint density at radius 2 is 1.88 bits per heavy atom. The van der Waals surface area contributed by atoms with Crippen LogP contribution in [0.2, 0.25) is 0 Å². The molecule has 0 fully saturated rings. The van der Waals surface area contributed by atoms with Gasteiger partial charge in [-0.3, -0.25) is 0 Å². The molecule has 1 aromatic rings. The van der Waals surface area contributed by atoms with Crippen LogP contribution in [-0.2, 0) is 4.79 Å². The fourth-order valence-corrected chi connectivity index (χ4v) is 1.37. The quantitative estimate of drug-likeness (QED) is 0.585. The van der Waals surface area contributed by atoms with E-state index in [1.54, 1.807) is 18.2 Å². The first-order chi connectivity index (χ1) is 7.66. The van der Waals surface area contributed by atoms with Crippen molar-refractivity contribution < 1.29 is 24.5 Å². The zero-order valence-electron chi connectivity index (χ0n) is 8.34. The van der Waals surface area contributed by atoms with Crippen molar-refractivity contribution in [2.24, 2.45) is 0 Å². The first kappa shape index (κ1) is 10.4. The number of carbonyl (C=O) groups is 1. The highest BCUT2D eigenvalue weighted by Crippen LogP contribution is 2.31. The van der Waals surface area contributed by atoms with E-state index in [-0.39, 0.29) is 0 Å². The monoisotopic (exact) mass is 222 g/mol. The second-order valence-electron chi connectivity index (χ2n) is 3.24. The molecule has 5 nitrogen and oxygen atoms in total. The molecule has 0 aliphatic carbocycles. The molecule has 2 N–H and O–H groups in total. The highest BCUT2D eigenvalue weighted by atomic mass is 16.6. The number of benzene rings is 1. The van der Waals surface area contributed by atoms with E-state index in [9.17, 15) is 4.79 Å². The maximum Gasteiger partial charge on any atom is 0.370 e. The number of carboxylic acid groups (broad SMARTS) is 1. The number of aliphatic hydroxyl groups excluding tert-OH is 1. The summed E-state index contributed by atoms with van der Waals surface area (Å²) in [4.78, 5) is 10.4. The van der Waals surface area contributed by atoms with E-state index in [1.165, 1.54) is 0 Å². The lowest BCUT2D eigenvalue weighted by molar-refractivity contribution is -0.135. The van der Waals surface area contributed by atoms with Crippen LogP contribution in [0.5, 0.6) is 11.5 Å². The summed E-state index contributed by atoms with van der Waals surface area (Å²) in [7, 11) is 0. The number of ether oxygens (including phenoxy) is 2. The van der Waals surface area contributed by atoms with Gasteiger partial charge in [0.15, 0.2) is 11.5 Å². The van der Waals surface area contributed by atoms with Gasteiger partial charge in [-0.15, -0.1) is 0 Å². The molecular formula is C11H10O5. The van der Waals surface area contributed by atoms with Crippen LogP contribution in [0.15, 0.2) is 24.0 Å². The van der Waals surface area contributed by atoms with E-state index in [1.807, 2.05) is 0 Å². The smallest absolute Gasteiger partial charge is 0.370 e. The van der Waals surface area contributed by atoms with E-state index in [4.69, 9.17) is 19.7 Å². The van der Waals surface area contributed by atoms with Crippen LogP contribution in [0.3, 0.4) is 0 Å². The first-order valence-corrected chi connectivity index (χ1v) is 4.70. The minimum Gasteiger partial charge on any atom is -0.502 e. The third-order valence-corrected chi connectivity index (χ3v) is 2.09. The van der Waals surface area contributed by atoms with E-state index >= 15 is 0 Å². The second kappa shape index (κ2) is 4.14. The van der Waals surface area contributed by atoms with Crippen molar-refractivity contribution in [2.45, 2.75) is 0 Å². The van der Waals surface area contributed by atoms with Gasteiger partial charge in [-0.2, -0.15) is 0 Å². The number of fused-ring (bicyclic) bond motifs is 1. The largest absolute Gasteiger partial charge is 0.502 e. The van der Waals surface area contributed by atoms with Crippen molar-refractivity contribution in [2.75, 3.05) is 13.2 Å². The topological polar surface area (TPSA) is 76.0 Å². The molecule has 0 bridgehead atoms. The fourth-order valence-electron chi connectivity index (χ4n) is 1.37. The summed E-state index contributed by atoms with van der Waals surface area (Å²) in [6.07, 6.45) is 1.15. The normalized spacial score (nSPS) is 14.6. The van der Waals surface area contributed by atoms with Crippen LogP contribution in [-0.4, -0.2) is 29.4 Å². The van der Waals surface area contributed by atoms with E-state index in [2.05, 4.69) is 0 Å². The van der Waals surface area contributed by atoms with Gasteiger partial charge in [0.25, 0.3) is 0 Å². The van der Waals surface area contributed by atoms with Crippen molar-refractivity contribution in [3.8, 4) is 11.5 Å². The Kier molecular flexibility index (Phi) is 2.68. The van der Waals surface area contributed by atoms with Crippen LogP contribution >= 0.6 is 0 Å². The number of carboxylic acids is 1. The molecule has 0 saturated carbocycles. The third kappa shape index (κ3) is 2.08. The maximum absolute atomic E-state index is 10.4. The number of hydrogen-bond donors (Lipinski definition) is 2. The number of aliphatic carboxylic acids is 1. The molecule has 1 heterocycles. The molecule has 0 spiro atoms. The molecule has 1 aliphatic rings. The Hall–Kier alpha value is -2.17. The average Bonchev–Trinajstić information content (AvgIpc) is 2.28. The van der Waals surface area contributed by atoms with Crippen LogP contribution in [0.25, 0.3) is 6.08 Å². The fraction of sp³-hybridized carbons (Fsp3) is 0.182. The average molecular weight is 222 g/mol. The third-order valence-electron chi connectivity index (χ3n) is 2.09. The molecule has 1 aliphatic heterocycles. The Bertz CT molecular complexity index is 450. The molecule has 0 saturated heterocycles. The molecule has 84 valence electrons. The van der Waals surface area contributed by atoms with Gasteiger partial charge in [0, 0.05) is 0 Å². The van der Waals surface area contributed by atoms with Gasteiger partial charge >= 0.3 is 5.97 Å². The van der Waals surface area contributed by atoms with Crippen molar-refractivity contribution in [1.82, 2.24) is 0 Å². The van der Waals surface area contributed by atoms with Gasteiger partial charge < -0.3 is 19.7 Å². The Morgan fingerprint density at radius 3 is 2.56 bits per heavy atom. The minimum atomic E-state index is -1.37. The maximum atomic E-state index is 10.4. The Morgan fingerprint density at radius 1 is 1.19 bits per heavy atom. The van der Waals surface area contributed by atoms with Crippen LogP contribution in [0.4, 0.5) is 0 Å². The predicted octanol–water partition coefficient (Wildman–Crippen LogP) is 1.44. The second-order valence-corrected chi connectivity index (χ2v) is 3.24. The van der Waals surface area contributed by atoms with Crippen molar-refractivity contribution in [3.05, 3.63) is 29.5 Å². The zero-order valence-corrected chi connectivity index (χ0v) is 8.34. The summed E-state index contributed by atoms with van der Waals surface area (Å²) in [6, 6.07) is 4.94. The van der Waals surface area contributed by atoms with Crippen molar-refractivity contribution in [1.29, 1.82) is 0 Å². The van der Waals surface area contributed by atoms with Gasteiger partial charge in [0.1, 0.15) is 13.2 Å². The number of aliphatic hydroxyl groups is 1. The molecule has 0 amide bonds. The molecule has 16 heavy (non-hydrogen) atoms. The first-order valence-electron chi connectivity index (χ1n) is 4.70. The SMILES string of the molecule is O=C(O)C(O)=Cc1ccc2c(c1)OCCO2. The highest BCUT2D eigenvalue weighted by molar-refractivity contribution is 5.89. The van der Waals surface area contributed by atoms with Crippen LogP contribution in [0.1, 0.15) is 5.56 Å². The predicted molar refractivity (Wildman–Crippen MR) is 55.7 cm³/mol. The highest BCUT2D eigenvalue weighted by Gasteiger charge is 2.12. The summed E-state index contributed by atoms with van der Waals surface area (Å²) in [5, 5.41) is 17.6. The van der Waals surface area contributed by atoms with Gasteiger partial charge in [0.2, 0.25) is 5.76 Å². The van der Waals surface area contributed by atoms with E-state index in [0.717, 1.165) is 6.08 Å². The summed E-state index contributed by atoms with van der Waals surface area (Å²) < 4.78 is 10.6. The summed E-state index contributed by atoms with van der Waals surface area (Å²) in [6.45, 7) is 0.966. The van der Waals surface area contributed by atoms with Gasteiger partial charge in [-0.25, -0.2) is 4.79 Å². The summed E-state index contributed by atoms with van der Waals surface area (Å²) in [5.41, 5.74) is 0.546. The summed E-state index contributed by atoms with van der Waals surface area (Å²) in [5.74, 6) is -0.900. The van der Waals surface area contributed by atoms with Crippen LogP contribution in [0, 0.1) is 0 Å². The Balaban J connectivity index is 2.30. The molecular weight excluding hydrogens is 212 g/mol. The van der Waals surface area contributed by atoms with Gasteiger partial charge in [0.05, 0.1) is 0 Å². The van der Waals surface area contributed by atoms with Crippen molar-refractivity contribution >= 4 is 12.0 Å². The van der Waals surface area contributed by atoms with Gasteiger partial charge in [-0.1, -0.05) is 6.07 Å². The van der Waals surface area contributed by atoms with E-state index < -0.39 is 11.7 Å². The molecule has 0 aromatic heterocycles. The van der Waals surface area contributed by atoms with Crippen molar-refractivity contribution in [3.63, 3.8) is 0 Å². The standard InChI is InChI=1S/C11H10O5/c12-8(11(13)14)5-7-1-2-9-10(6-7)16-4-3-15-9/h1-2,5-6,12H,3-4H2,(H,13,14). The molecule has 0 atom stereocenters. The molecule has 1 aromatic carbocycles. The molecule has 2 rings (SSSR count). The molecule has 5 heteroatoms. The lowest BCUT2D eigenvalue weighted by atomic mass is 10.1. The summed E-state index contributed by atoms with van der Waals surface area (Å²) >= 11 is 0. The zero-order chi connectivity index (χ0) is 11.5. The lowest BCUT2D eigenvalue weighted by Gasteiger charge is -2.18.